The highest BCUT2D eigenvalue weighted by Crippen LogP contribution is 2.32. The van der Waals surface area contributed by atoms with Crippen LogP contribution in [0.1, 0.15) is 44.3 Å². The van der Waals surface area contributed by atoms with Gasteiger partial charge >= 0.3 is 0 Å². The maximum Gasteiger partial charge on any atom is 0.236 e. The average molecular weight is 297 g/mol. The number of amides is 1. The second-order valence-corrected chi connectivity index (χ2v) is 5.82. The normalized spacial score (nSPS) is 17.1. The van der Waals surface area contributed by atoms with Gasteiger partial charge in [0.15, 0.2) is 0 Å². The van der Waals surface area contributed by atoms with Crippen LogP contribution >= 0.6 is 11.6 Å². The van der Waals surface area contributed by atoms with Crippen LogP contribution in [0.4, 0.5) is 5.69 Å². The third kappa shape index (κ3) is 3.44. The minimum Gasteiger partial charge on any atom is -0.389 e. The molecule has 1 aliphatic rings. The van der Waals surface area contributed by atoms with Crippen molar-refractivity contribution < 1.29 is 9.90 Å². The van der Waals surface area contributed by atoms with Gasteiger partial charge in [-0.05, 0) is 37.5 Å². The zero-order chi connectivity index (χ0) is 14.7. The van der Waals surface area contributed by atoms with Crippen LogP contribution in [0.25, 0.3) is 0 Å². The number of rotatable bonds is 5. The van der Waals surface area contributed by atoms with Crippen LogP contribution in [-0.2, 0) is 4.79 Å². The molecule has 3 N–H and O–H groups in total. The second-order valence-electron chi connectivity index (χ2n) is 5.41. The Hall–Kier alpha value is -1.26. The number of hydrogen-bond donors (Lipinski definition) is 2. The lowest BCUT2D eigenvalue weighted by Gasteiger charge is -2.30. The topological polar surface area (TPSA) is 66.6 Å². The molecule has 2 rings (SSSR count). The molecule has 1 aliphatic carbocycles. The van der Waals surface area contributed by atoms with Gasteiger partial charge in [-0.3, -0.25) is 4.79 Å². The summed E-state index contributed by atoms with van der Waals surface area (Å²) in [6.45, 7) is 1.88. The van der Waals surface area contributed by atoms with Crippen molar-refractivity contribution in [3.8, 4) is 0 Å². The molecule has 0 aliphatic heterocycles. The minimum absolute atomic E-state index is 0.203. The summed E-state index contributed by atoms with van der Waals surface area (Å²) in [5, 5.41) is 10.1. The summed E-state index contributed by atoms with van der Waals surface area (Å²) in [5.41, 5.74) is 6.95. The van der Waals surface area contributed by atoms with Crippen LogP contribution in [0.2, 0.25) is 5.02 Å². The molecule has 0 heterocycles. The minimum atomic E-state index is -0.604. The van der Waals surface area contributed by atoms with Crippen LogP contribution in [0, 0.1) is 0 Å². The summed E-state index contributed by atoms with van der Waals surface area (Å²) in [4.78, 5) is 13.3. The van der Waals surface area contributed by atoms with Gasteiger partial charge in [0.2, 0.25) is 5.91 Å². The summed E-state index contributed by atoms with van der Waals surface area (Å²) >= 11 is 6.21. The van der Waals surface area contributed by atoms with E-state index in [2.05, 4.69) is 0 Å². The first-order valence-electron chi connectivity index (χ1n) is 7.01. The van der Waals surface area contributed by atoms with Crippen molar-refractivity contribution in [2.75, 3.05) is 11.4 Å². The molecule has 1 saturated carbocycles. The fourth-order valence-corrected chi connectivity index (χ4v) is 3.18. The van der Waals surface area contributed by atoms with E-state index in [9.17, 15) is 9.90 Å². The Balaban J connectivity index is 2.28. The molecule has 1 fully saturated rings. The zero-order valence-corrected chi connectivity index (χ0v) is 12.4. The van der Waals surface area contributed by atoms with E-state index in [0.29, 0.717) is 16.6 Å². The molecule has 110 valence electrons. The molecule has 1 unspecified atom stereocenters. The third-order valence-electron chi connectivity index (χ3n) is 3.86. The monoisotopic (exact) mass is 296 g/mol. The standard InChI is InChI=1S/C15H21ClN2O2/c1-10(19)13-7-6-12(8-14(13)16)18(9-15(17)20)11-4-2-3-5-11/h6-8,10-11,19H,2-5,9H2,1H3,(H2,17,20). The lowest BCUT2D eigenvalue weighted by atomic mass is 10.1. The molecular formula is C15H21ClN2O2. The van der Waals surface area contributed by atoms with E-state index in [1.165, 1.54) is 12.8 Å². The van der Waals surface area contributed by atoms with Gasteiger partial charge in [0.25, 0.3) is 0 Å². The number of nitrogens with zero attached hydrogens (tertiary/aromatic N) is 1. The molecule has 0 bridgehead atoms. The highest BCUT2D eigenvalue weighted by atomic mass is 35.5. The fraction of sp³-hybridized carbons (Fsp3) is 0.533. The fourth-order valence-electron chi connectivity index (χ4n) is 2.85. The first-order valence-corrected chi connectivity index (χ1v) is 7.39. The number of carbonyl (C=O) groups is 1. The Morgan fingerprint density at radius 1 is 1.50 bits per heavy atom. The Morgan fingerprint density at radius 3 is 2.65 bits per heavy atom. The molecule has 0 radical (unpaired) electrons. The van der Waals surface area contributed by atoms with E-state index in [1.807, 2.05) is 23.1 Å². The van der Waals surface area contributed by atoms with Gasteiger partial charge in [-0.25, -0.2) is 0 Å². The van der Waals surface area contributed by atoms with Crippen LogP contribution in [0.15, 0.2) is 18.2 Å². The van der Waals surface area contributed by atoms with Gasteiger partial charge in [0.1, 0.15) is 0 Å². The number of primary amides is 1. The van der Waals surface area contributed by atoms with Crippen molar-refractivity contribution in [1.29, 1.82) is 0 Å². The van der Waals surface area contributed by atoms with Crippen molar-refractivity contribution in [2.45, 2.75) is 44.8 Å². The molecule has 1 aromatic carbocycles. The summed E-state index contributed by atoms with van der Waals surface area (Å²) in [6, 6.07) is 5.86. The summed E-state index contributed by atoms with van der Waals surface area (Å²) in [5.74, 6) is -0.340. The van der Waals surface area contributed by atoms with E-state index in [0.717, 1.165) is 18.5 Å². The van der Waals surface area contributed by atoms with E-state index in [4.69, 9.17) is 17.3 Å². The van der Waals surface area contributed by atoms with E-state index in [-0.39, 0.29) is 12.5 Å². The van der Waals surface area contributed by atoms with Gasteiger partial charge < -0.3 is 15.7 Å². The third-order valence-corrected chi connectivity index (χ3v) is 4.18. The number of anilines is 1. The number of carbonyl (C=O) groups excluding carboxylic acids is 1. The highest BCUT2D eigenvalue weighted by molar-refractivity contribution is 6.31. The van der Waals surface area contributed by atoms with Gasteiger partial charge in [0.05, 0.1) is 12.6 Å². The van der Waals surface area contributed by atoms with Crippen molar-refractivity contribution in [3.63, 3.8) is 0 Å². The molecule has 1 amide bonds. The first kappa shape index (κ1) is 15.1. The molecule has 1 atom stereocenters. The Morgan fingerprint density at radius 2 is 2.15 bits per heavy atom. The maximum atomic E-state index is 11.3. The number of aliphatic hydroxyl groups is 1. The van der Waals surface area contributed by atoms with Crippen LogP contribution < -0.4 is 10.6 Å². The van der Waals surface area contributed by atoms with Crippen molar-refractivity contribution in [2.24, 2.45) is 5.73 Å². The number of halogens is 1. The molecule has 5 heteroatoms. The van der Waals surface area contributed by atoms with Crippen molar-refractivity contribution in [1.82, 2.24) is 0 Å². The van der Waals surface area contributed by atoms with Gasteiger partial charge in [-0.2, -0.15) is 0 Å². The molecule has 1 aromatic rings. The van der Waals surface area contributed by atoms with E-state index < -0.39 is 6.10 Å². The summed E-state index contributed by atoms with van der Waals surface area (Å²) in [6.07, 6.45) is 3.90. The molecule has 20 heavy (non-hydrogen) atoms. The number of nitrogens with two attached hydrogens (primary N) is 1. The second kappa shape index (κ2) is 6.46. The van der Waals surface area contributed by atoms with Gasteiger partial charge in [-0.15, -0.1) is 0 Å². The zero-order valence-electron chi connectivity index (χ0n) is 11.7. The van der Waals surface area contributed by atoms with E-state index in [1.54, 1.807) is 6.92 Å². The van der Waals surface area contributed by atoms with Crippen LogP contribution in [0.3, 0.4) is 0 Å². The largest absolute Gasteiger partial charge is 0.389 e. The van der Waals surface area contributed by atoms with Crippen molar-refractivity contribution in [3.05, 3.63) is 28.8 Å². The van der Waals surface area contributed by atoms with Crippen molar-refractivity contribution >= 4 is 23.2 Å². The highest BCUT2D eigenvalue weighted by Gasteiger charge is 2.24. The number of aliphatic hydroxyl groups excluding tert-OH is 1. The van der Waals surface area contributed by atoms with Crippen LogP contribution in [-0.4, -0.2) is 23.6 Å². The molecule has 0 aromatic heterocycles. The average Bonchev–Trinajstić information content (AvgIpc) is 2.88. The molecule has 0 saturated heterocycles. The smallest absolute Gasteiger partial charge is 0.236 e. The number of benzene rings is 1. The molecule has 0 spiro atoms. The Bertz CT molecular complexity index is 485. The lowest BCUT2D eigenvalue weighted by Crippen LogP contribution is -2.40. The van der Waals surface area contributed by atoms with Crippen LogP contribution in [0.5, 0.6) is 0 Å². The SMILES string of the molecule is CC(O)c1ccc(N(CC(N)=O)C2CCCC2)cc1Cl. The summed E-state index contributed by atoms with van der Waals surface area (Å²) < 4.78 is 0. The molecule has 4 nitrogen and oxygen atoms in total. The quantitative estimate of drug-likeness (QED) is 0.878. The first-order chi connectivity index (χ1) is 9.49. The predicted octanol–water partition coefficient (Wildman–Crippen LogP) is 2.63. The lowest BCUT2D eigenvalue weighted by molar-refractivity contribution is -0.116. The molecular weight excluding hydrogens is 276 g/mol. The van der Waals surface area contributed by atoms with Gasteiger partial charge in [0, 0.05) is 16.8 Å². The maximum absolute atomic E-state index is 11.3. The number of hydrogen-bond acceptors (Lipinski definition) is 3. The summed E-state index contributed by atoms with van der Waals surface area (Å²) in [7, 11) is 0. The van der Waals surface area contributed by atoms with Gasteiger partial charge in [-0.1, -0.05) is 30.5 Å². The Labute approximate surface area is 124 Å². The Kier molecular flexibility index (Phi) is 4.89. The predicted molar refractivity (Wildman–Crippen MR) is 80.9 cm³/mol. The van der Waals surface area contributed by atoms with E-state index >= 15 is 0 Å².